The molecule has 0 aromatic rings. The van der Waals surface area contributed by atoms with Crippen LogP contribution in [0.4, 0.5) is 0 Å². The molecule has 120 valence electrons. The maximum absolute atomic E-state index is 11.8. The molecule has 0 spiro atoms. The molecule has 0 radical (unpaired) electrons. The molecule has 1 aliphatic carbocycles. The number of hydrogen-bond acceptors (Lipinski definition) is 3. The molecule has 20 heavy (non-hydrogen) atoms. The lowest BCUT2D eigenvalue weighted by molar-refractivity contribution is -0.124. The summed E-state index contributed by atoms with van der Waals surface area (Å²) in [4.78, 5) is 11.8. The van der Waals surface area contributed by atoms with Crippen LogP contribution in [0, 0.1) is 5.92 Å². The average Bonchev–Trinajstić information content (AvgIpc) is 2.44. The summed E-state index contributed by atoms with van der Waals surface area (Å²) in [7, 11) is 1.60. The smallest absolute Gasteiger partial charge is 0.222 e. The van der Waals surface area contributed by atoms with Crippen molar-refractivity contribution in [3.8, 4) is 0 Å². The van der Waals surface area contributed by atoms with E-state index in [-0.39, 0.29) is 24.4 Å². The minimum atomic E-state index is -0.152. The summed E-state index contributed by atoms with van der Waals surface area (Å²) in [6, 6.07) is 0.362. The molecule has 0 saturated heterocycles. The van der Waals surface area contributed by atoms with Gasteiger partial charge < -0.3 is 15.8 Å². The largest absolute Gasteiger partial charge is 0.380 e. The first kappa shape index (κ1) is 19.7. The van der Waals surface area contributed by atoms with Crippen LogP contribution in [0.5, 0.6) is 0 Å². The molecule has 1 atom stereocenters. The molecule has 0 aromatic heterocycles. The second kappa shape index (κ2) is 11.4. The predicted molar refractivity (Wildman–Crippen MR) is 85.1 cm³/mol. The lowest BCUT2D eigenvalue weighted by Crippen LogP contribution is -2.40. The molecule has 1 saturated carbocycles. The van der Waals surface area contributed by atoms with Gasteiger partial charge in [-0.1, -0.05) is 26.2 Å². The Bertz CT molecular complexity index is 252. The van der Waals surface area contributed by atoms with Crippen LogP contribution in [0.1, 0.15) is 58.3 Å². The molecule has 0 aliphatic heterocycles. The van der Waals surface area contributed by atoms with Crippen molar-refractivity contribution in [1.82, 2.24) is 5.32 Å². The van der Waals surface area contributed by atoms with Crippen LogP contribution < -0.4 is 11.1 Å². The van der Waals surface area contributed by atoms with Gasteiger partial charge in [-0.3, -0.25) is 4.79 Å². The third kappa shape index (κ3) is 7.46. The molecule has 1 rings (SSSR count). The van der Waals surface area contributed by atoms with Crippen LogP contribution in [0.2, 0.25) is 0 Å². The van der Waals surface area contributed by atoms with Crippen molar-refractivity contribution in [2.45, 2.75) is 70.4 Å². The minimum absolute atomic E-state index is 0. The molecule has 5 heteroatoms. The number of rotatable bonds is 8. The van der Waals surface area contributed by atoms with Gasteiger partial charge in [-0.25, -0.2) is 0 Å². The van der Waals surface area contributed by atoms with Crippen LogP contribution in [-0.2, 0) is 9.53 Å². The maximum atomic E-state index is 11.8. The van der Waals surface area contributed by atoms with E-state index in [4.69, 9.17) is 10.5 Å². The van der Waals surface area contributed by atoms with Crippen LogP contribution in [0.15, 0.2) is 0 Å². The van der Waals surface area contributed by atoms with E-state index in [1.807, 2.05) is 0 Å². The van der Waals surface area contributed by atoms with E-state index in [0.717, 1.165) is 18.8 Å². The number of hydrogen-bond donors (Lipinski definition) is 2. The molecule has 1 aliphatic rings. The number of halogens is 1. The normalized spacial score (nSPS) is 23.8. The third-order valence-corrected chi connectivity index (χ3v) is 4.19. The van der Waals surface area contributed by atoms with Crippen LogP contribution in [-0.4, -0.2) is 31.7 Å². The van der Waals surface area contributed by atoms with Gasteiger partial charge in [-0.15, -0.1) is 12.4 Å². The highest BCUT2D eigenvalue weighted by Crippen LogP contribution is 2.28. The van der Waals surface area contributed by atoms with E-state index < -0.39 is 0 Å². The SMILES string of the molecule is CCCCC1CCC(NC(=O)CC(CN)OC)CC1.Cl. The van der Waals surface area contributed by atoms with E-state index in [1.54, 1.807) is 7.11 Å². The minimum Gasteiger partial charge on any atom is -0.380 e. The van der Waals surface area contributed by atoms with Crippen molar-refractivity contribution in [2.75, 3.05) is 13.7 Å². The first-order chi connectivity index (χ1) is 9.19. The van der Waals surface area contributed by atoms with Gasteiger partial charge in [0.25, 0.3) is 0 Å². The zero-order valence-corrected chi connectivity index (χ0v) is 13.7. The fourth-order valence-electron chi connectivity index (χ4n) is 2.84. The molecule has 1 unspecified atom stereocenters. The number of ether oxygens (including phenoxy) is 1. The van der Waals surface area contributed by atoms with E-state index in [1.165, 1.54) is 32.1 Å². The number of carbonyl (C=O) groups excluding carboxylic acids is 1. The van der Waals surface area contributed by atoms with Gasteiger partial charge in [0, 0.05) is 19.7 Å². The number of nitrogens with two attached hydrogens (primary N) is 1. The summed E-state index contributed by atoms with van der Waals surface area (Å²) >= 11 is 0. The van der Waals surface area contributed by atoms with Crippen molar-refractivity contribution in [1.29, 1.82) is 0 Å². The van der Waals surface area contributed by atoms with Gasteiger partial charge >= 0.3 is 0 Å². The van der Waals surface area contributed by atoms with Crippen LogP contribution in [0.25, 0.3) is 0 Å². The van der Waals surface area contributed by atoms with Crippen LogP contribution >= 0.6 is 12.4 Å². The Kier molecular flexibility index (Phi) is 11.2. The predicted octanol–water partition coefficient (Wildman–Crippen LogP) is 2.64. The molecule has 1 fully saturated rings. The molecule has 4 nitrogen and oxygen atoms in total. The Morgan fingerprint density at radius 2 is 2.00 bits per heavy atom. The van der Waals surface area contributed by atoms with Gasteiger partial charge in [0.15, 0.2) is 0 Å². The molecular weight excluding hydrogens is 276 g/mol. The van der Waals surface area contributed by atoms with Gasteiger partial charge in [0.2, 0.25) is 5.91 Å². The Morgan fingerprint density at radius 1 is 1.35 bits per heavy atom. The van der Waals surface area contributed by atoms with E-state index in [9.17, 15) is 4.79 Å². The number of nitrogens with one attached hydrogen (secondary N) is 1. The summed E-state index contributed by atoms with van der Waals surface area (Å²) in [6.07, 6.45) is 8.98. The number of methoxy groups -OCH3 is 1. The molecule has 0 heterocycles. The first-order valence-electron chi connectivity index (χ1n) is 7.71. The number of unbranched alkanes of at least 4 members (excludes halogenated alkanes) is 1. The Labute approximate surface area is 129 Å². The highest BCUT2D eigenvalue weighted by molar-refractivity contribution is 5.85. The van der Waals surface area contributed by atoms with Gasteiger partial charge in [0.1, 0.15) is 0 Å². The molecule has 3 N–H and O–H groups in total. The summed E-state index contributed by atoms with van der Waals surface area (Å²) in [6.45, 7) is 2.64. The van der Waals surface area contributed by atoms with Gasteiger partial charge in [0.05, 0.1) is 12.5 Å². The fourth-order valence-corrected chi connectivity index (χ4v) is 2.84. The Hall–Kier alpha value is -0.320. The zero-order valence-electron chi connectivity index (χ0n) is 12.9. The topological polar surface area (TPSA) is 64.4 Å². The standard InChI is InChI=1S/C15H30N2O2.ClH/c1-3-4-5-12-6-8-13(9-7-12)17-15(18)10-14(11-16)19-2;/h12-14H,3-11,16H2,1-2H3,(H,17,18);1H. The maximum Gasteiger partial charge on any atom is 0.222 e. The van der Waals surface area contributed by atoms with Crippen molar-refractivity contribution < 1.29 is 9.53 Å². The molecule has 0 aromatic carbocycles. The van der Waals surface area contributed by atoms with E-state index in [2.05, 4.69) is 12.2 Å². The summed E-state index contributed by atoms with van der Waals surface area (Å²) in [5, 5.41) is 3.12. The Morgan fingerprint density at radius 3 is 2.50 bits per heavy atom. The Balaban J connectivity index is 0.00000361. The lowest BCUT2D eigenvalue weighted by atomic mass is 9.83. The van der Waals surface area contributed by atoms with E-state index >= 15 is 0 Å². The second-order valence-corrected chi connectivity index (χ2v) is 5.72. The quantitative estimate of drug-likeness (QED) is 0.724. The first-order valence-corrected chi connectivity index (χ1v) is 7.71. The number of carbonyl (C=O) groups is 1. The van der Waals surface area contributed by atoms with Crippen molar-refractivity contribution >= 4 is 18.3 Å². The molecule has 1 amide bonds. The van der Waals surface area contributed by atoms with Crippen molar-refractivity contribution in [2.24, 2.45) is 11.7 Å². The zero-order chi connectivity index (χ0) is 14.1. The molecule has 0 bridgehead atoms. The summed E-state index contributed by atoms with van der Waals surface area (Å²) in [5.74, 6) is 0.957. The van der Waals surface area contributed by atoms with E-state index in [0.29, 0.717) is 19.0 Å². The van der Waals surface area contributed by atoms with Crippen molar-refractivity contribution in [3.05, 3.63) is 0 Å². The monoisotopic (exact) mass is 306 g/mol. The highest BCUT2D eigenvalue weighted by Gasteiger charge is 2.22. The fraction of sp³-hybridized carbons (Fsp3) is 0.933. The van der Waals surface area contributed by atoms with Gasteiger partial charge in [-0.2, -0.15) is 0 Å². The van der Waals surface area contributed by atoms with Crippen LogP contribution in [0.3, 0.4) is 0 Å². The highest BCUT2D eigenvalue weighted by atomic mass is 35.5. The van der Waals surface area contributed by atoms with Gasteiger partial charge in [-0.05, 0) is 31.6 Å². The summed E-state index contributed by atoms with van der Waals surface area (Å²) in [5.41, 5.74) is 5.52. The number of amides is 1. The molecular formula is C15H31ClN2O2. The summed E-state index contributed by atoms with van der Waals surface area (Å²) < 4.78 is 5.13. The van der Waals surface area contributed by atoms with Crippen molar-refractivity contribution in [3.63, 3.8) is 0 Å². The third-order valence-electron chi connectivity index (χ3n) is 4.19. The average molecular weight is 307 g/mol. The second-order valence-electron chi connectivity index (χ2n) is 5.72. The lowest BCUT2D eigenvalue weighted by Gasteiger charge is -2.29.